The predicted octanol–water partition coefficient (Wildman–Crippen LogP) is -0.425. The van der Waals surface area contributed by atoms with E-state index in [1.54, 1.807) is 0 Å². The molecule has 0 heterocycles. The zero-order chi connectivity index (χ0) is 10.6. The van der Waals surface area contributed by atoms with Crippen LogP contribution in [-0.4, -0.2) is 36.1 Å². The first-order chi connectivity index (χ1) is 6.59. The normalized spacial score (nSPS) is 17.5. The average molecular weight is 200 g/mol. The third-order valence-corrected chi connectivity index (χ3v) is 2.15. The van der Waals surface area contributed by atoms with Crippen LogP contribution in [0.5, 0.6) is 0 Å². The molecule has 0 aromatic rings. The van der Waals surface area contributed by atoms with E-state index in [1.165, 1.54) is 19.8 Å². The molecule has 14 heavy (non-hydrogen) atoms. The molecule has 1 aliphatic carbocycles. The van der Waals surface area contributed by atoms with Crippen molar-refractivity contribution in [3.63, 3.8) is 0 Å². The number of hydrogen-bond donors (Lipinski definition) is 3. The highest BCUT2D eigenvalue weighted by Gasteiger charge is 2.22. The maximum absolute atomic E-state index is 10.7. The summed E-state index contributed by atoms with van der Waals surface area (Å²) in [5, 5.41) is 14.2. The molecular weight excluding hydrogens is 184 g/mol. The summed E-state index contributed by atoms with van der Waals surface area (Å²) in [6.07, 6.45) is 2.45. The van der Waals surface area contributed by atoms with Crippen molar-refractivity contribution in [2.45, 2.75) is 25.8 Å². The second kappa shape index (κ2) is 4.95. The fourth-order valence-corrected chi connectivity index (χ4v) is 1.20. The highest BCUT2D eigenvalue weighted by atomic mass is 16.4. The van der Waals surface area contributed by atoms with Gasteiger partial charge in [0.2, 0.25) is 5.91 Å². The summed E-state index contributed by atoms with van der Waals surface area (Å²) in [6, 6.07) is -0.814. The van der Waals surface area contributed by atoms with Crippen molar-refractivity contribution in [3.05, 3.63) is 0 Å². The smallest absolute Gasteiger partial charge is 0.327 e. The summed E-state index contributed by atoms with van der Waals surface area (Å²) in [6.45, 7) is 2.46. The minimum absolute atomic E-state index is 0.297. The number of aliphatic carboxylic acids is 1. The Morgan fingerprint density at radius 3 is 2.57 bits per heavy atom. The van der Waals surface area contributed by atoms with Gasteiger partial charge in [0.05, 0.1) is 0 Å². The highest BCUT2D eigenvalue weighted by molar-refractivity contribution is 5.82. The molecule has 1 rings (SSSR count). The lowest BCUT2D eigenvalue weighted by molar-refractivity contribution is -0.141. The topological polar surface area (TPSA) is 78.4 Å². The minimum Gasteiger partial charge on any atom is -0.480 e. The molecule has 0 bridgehead atoms. The van der Waals surface area contributed by atoms with Crippen molar-refractivity contribution in [3.8, 4) is 0 Å². The Morgan fingerprint density at radius 1 is 1.50 bits per heavy atom. The van der Waals surface area contributed by atoms with Crippen molar-refractivity contribution in [1.29, 1.82) is 0 Å². The van der Waals surface area contributed by atoms with Crippen molar-refractivity contribution in [2.75, 3.05) is 13.1 Å². The van der Waals surface area contributed by atoms with E-state index in [-0.39, 0.29) is 5.91 Å². The summed E-state index contributed by atoms with van der Waals surface area (Å²) >= 11 is 0. The second-order valence-corrected chi connectivity index (χ2v) is 3.69. The maximum atomic E-state index is 10.7. The Kier molecular flexibility index (Phi) is 3.88. The van der Waals surface area contributed by atoms with E-state index >= 15 is 0 Å². The van der Waals surface area contributed by atoms with Crippen LogP contribution in [0.3, 0.4) is 0 Å². The van der Waals surface area contributed by atoms with Gasteiger partial charge in [-0.2, -0.15) is 0 Å². The summed E-state index contributed by atoms with van der Waals surface area (Å²) in [5.74, 6) is -0.601. The van der Waals surface area contributed by atoms with E-state index in [9.17, 15) is 9.59 Å². The van der Waals surface area contributed by atoms with Gasteiger partial charge in [0.1, 0.15) is 6.04 Å². The van der Waals surface area contributed by atoms with E-state index in [1.807, 2.05) is 0 Å². The molecule has 1 atom stereocenters. The quantitative estimate of drug-likeness (QED) is 0.544. The lowest BCUT2D eigenvalue weighted by Gasteiger charge is -2.13. The van der Waals surface area contributed by atoms with Crippen LogP contribution in [0, 0.1) is 5.92 Å². The molecule has 0 saturated heterocycles. The Bertz CT molecular complexity index is 226. The molecule has 1 saturated carbocycles. The predicted molar refractivity (Wildman–Crippen MR) is 50.8 cm³/mol. The van der Waals surface area contributed by atoms with Gasteiger partial charge in [-0.3, -0.25) is 4.79 Å². The fraction of sp³-hybridized carbons (Fsp3) is 0.778. The summed E-state index contributed by atoms with van der Waals surface area (Å²) in [7, 11) is 0. The van der Waals surface area contributed by atoms with Gasteiger partial charge in [-0.25, -0.2) is 4.79 Å². The fourth-order valence-electron chi connectivity index (χ4n) is 1.20. The van der Waals surface area contributed by atoms with E-state index in [0.29, 0.717) is 12.5 Å². The second-order valence-electron chi connectivity index (χ2n) is 3.69. The first kappa shape index (κ1) is 11.0. The molecular formula is C9H16N2O3. The van der Waals surface area contributed by atoms with Gasteiger partial charge in [-0.1, -0.05) is 0 Å². The SMILES string of the molecule is CC(=O)NC(CNCC1CC1)C(=O)O. The number of carbonyl (C=O) groups excluding carboxylic acids is 1. The zero-order valence-corrected chi connectivity index (χ0v) is 8.25. The third kappa shape index (κ3) is 4.23. The lowest BCUT2D eigenvalue weighted by Crippen LogP contribution is -2.46. The standard InChI is InChI=1S/C9H16N2O3/c1-6(12)11-8(9(13)14)5-10-4-7-2-3-7/h7-8,10H,2-5H2,1H3,(H,11,12)(H,13,14). The molecule has 3 N–H and O–H groups in total. The largest absolute Gasteiger partial charge is 0.480 e. The Morgan fingerprint density at radius 2 is 2.14 bits per heavy atom. The van der Waals surface area contributed by atoms with Gasteiger partial charge >= 0.3 is 5.97 Å². The van der Waals surface area contributed by atoms with Gasteiger partial charge in [0.15, 0.2) is 0 Å². The van der Waals surface area contributed by atoms with Gasteiger partial charge in [-0.15, -0.1) is 0 Å². The molecule has 0 aromatic carbocycles. The van der Waals surface area contributed by atoms with E-state index in [2.05, 4.69) is 10.6 Å². The number of hydrogen-bond acceptors (Lipinski definition) is 3. The van der Waals surface area contributed by atoms with E-state index < -0.39 is 12.0 Å². The van der Waals surface area contributed by atoms with Crippen molar-refractivity contribution in [2.24, 2.45) is 5.92 Å². The third-order valence-electron chi connectivity index (χ3n) is 2.15. The molecule has 1 aliphatic rings. The average Bonchev–Trinajstić information content (AvgIpc) is 2.85. The first-order valence-electron chi connectivity index (χ1n) is 4.80. The molecule has 5 nitrogen and oxygen atoms in total. The number of rotatable bonds is 6. The van der Waals surface area contributed by atoms with Gasteiger partial charge in [0, 0.05) is 13.5 Å². The van der Waals surface area contributed by atoms with E-state index in [4.69, 9.17) is 5.11 Å². The molecule has 5 heteroatoms. The van der Waals surface area contributed by atoms with Crippen LogP contribution in [-0.2, 0) is 9.59 Å². The van der Waals surface area contributed by atoms with Crippen LogP contribution in [0.4, 0.5) is 0 Å². The van der Waals surface area contributed by atoms with Crippen LogP contribution < -0.4 is 10.6 Å². The Labute approximate surface area is 82.9 Å². The van der Waals surface area contributed by atoms with Crippen molar-refractivity contribution < 1.29 is 14.7 Å². The number of amides is 1. The van der Waals surface area contributed by atoms with Crippen LogP contribution in [0.2, 0.25) is 0 Å². The van der Waals surface area contributed by atoms with Crippen LogP contribution in [0.1, 0.15) is 19.8 Å². The highest BCUT2D eigenvalue weighted by Crippen LogP contribution is 2.27. The van der Waals surface area contributed by atoms with Crippen LogP contribution >= 0.6 is 0 Å². The summed E-state index contributed by atoms with van der Waals surface area (Å²) in [5.41, 5.74) is 0. The molecule has 0 aliphatic heterocycles. The van der Waals surface area contributed by atoms with Crippen LogP contribution in [0.15, 0.2) is 0 Å². The monoisotopic (exact) mass is 200 g/mol. The van der Waals surface area contributed by atoms with Crippen molar-refractivity contribution in [1.82, 2.24) is 10.6 Å². The van der Waals surface area contributed by atoms with Gasteiger partial charge < -0.3 is 15.7 Å². The molecule has 1 fully saturated rings. The molecule has 80 valence electrons. The first-order valence-corrected chi connectivity index (χ1v) is 4.80. The number of carbonyl (C=O) groups is 2. The maximum Gasteiger partial charge on any atom is 0.327 e. The molecule has 1 unspecified atom stereocenters. The minimum atomic E-state index is -0.997. The van der Waals surface area contributed by atoms with Crippen LogP contribution in [0.25, 0.3) is 0 Å². The summed E-state index contributed by atoms with van der Waals surface area (Å²) in [4.78, 5) is 21.3. The zero-order valence-electron chi connectivity index (χ0n) is 8.25. The number of carboxylic acids is 1. The van der Waals surface area contributed by atoms with Crippen molar-refractivity contribution >= 4 is 11.9 Å². The van der Waals surface area contributed by atoms with E-state index in [0.717, 1.165) is 6.54 Å². The molecule has 0 aromatic heterocycles. The van der Waals surface area contributed by atoms with Gasteiger partial charge in [0.25, 0.3) is 0 Å². The molecule has 1 amide bonds. The Hall–Kier alpha value is -1.10. The molecule has 0 radical (unpaired) electrons. The van der Waals surface area contributed by atoms with Gasteiger partial charge in [-0.05, 0) is 25.3 Å². The number of carboxylic acid groups (broad SMARTS) is 1. The Balaban J connectivity index is 2.19. The molecule has 0 spiro atoms. The lowest BCUT2D eigenvalue weighted by atomic mass is 10.3. The number of nitrogens with one attached hydrogen (secondary N) is 2. The summed E-state index contributed by atoms with van der Waals surface area (Å²) < 4.78 is 0.